The van der Waals surface area contributed by atoms with Crippen LogP contribution in [0.1, 0.15) is 20.3 Å². The van der Waals surface area contributed by atoms with Crippen LogP contribution in [0.4, 0.5) is 0 Å². The Bertz CT molecular complexity index is 243. The summed E-state index contributed by atoms with van der Waals surface area (Å²) in [7, 11) is -3.05. The molecule has 1 atom stereocenters. The second-order valence-corrected chi connectivity index (χ2v) is 5.71. The monoisotopic (exact) mass is 206 g/mol. The third-order valence-electron chi connectivity index (χ3n) is 2.03. The van der Waals surface area contributed by atoms with Gasteiger partial charge in [0, 0.05) is 6.04 Å². The van der Waals surface area contributed by atoms with Gasteiger partial charge in [0.25, 0.3) is 0 Å². The molecule has 78 valence electrons. The molecular formula is C8H18N2O2S. The van der Waals surface area contributed by atoms with Gasteiger partial charge in [0.05, 0.1) is 5.75 Å². The lowest BCUT2D eigenvalue weighted by atomic mass is 10.2. The Morgan fingerprint density at radius 3 is 2.69 bits per heavy atom. The summed E-state index contributed by atoms with van der Waals surface area (Å²) in [5, 5.41) is 3.16. The van der Waals surface area contributed by atoms with Gasteiger partial charge < -0.3 is 5.32 Å². The van der Waals surface area contributed by atoms with E-state index < -0.39 is 10.0 Å². The first-order valence-corrected chi connectivity index (χ1v) is 6.35. The van der Waals surface area contributed by atoms with Gasteiger partial charge in [0.1, 0.15) is 0 Å². The highest BCUT2D eigenvalue weighted by atomic mass is 32.2. The number of hydrogen-bond acceptors (Lipinski definition) is 3. The van der Waals surface area contributed by atoms with Gasteiger partial charge in [-0.05, 0) is 39.3 Å². The molecule has 0 radical (unpaired) electrons. The molecule has 13 heavy (non-hydrogen) atoms. The van der Waals surface area contributed by atoms with Crippen molar-refractivity contribution in [1.82, 2.24) is 10.0 Å². The molecule has 0 aromatic rings. The van der Waals surface area contributed by atoms with Crippen molar-refractivity contribution >= 4 is 10.0 Å². The van der Waals surface area contributed by atoms with Crippen LogP contribution in [0.15, 0.2) is 0 Å². The zero-order valence-corrected chi connectivity index (χ0v) is 9.02. The van der Waals surface area contributed by atoms with Crippen LogP contribution in [0.2, 0.25) is 0 Å². The standard InChI is InChI=1S/C8H18N2O2S/c1-7(2)10-13(11,12)6-8-3-4-9-5-8/h7-10H,3-6H2,1-2H3. The van der Waals surface area contributed by atoms with E-state index in [1.54, 1.807) is 0 Å². The van der Waals surface area contributed by atoms with Crippen molar-refractivity contribution < 1.29 is 8.42 Å². The molecule has 1 unspecified atom stereocenters. The number of nitrogens with one attached hydrogen (secondary N) is 2. The Morgan fingerprint density at radius 2 is 2.23 bits per heavy atom. The highest BCUT2D eigenvalue weighted by molar-refractivity contribution is 7.89. The van der Waals surface area contributed by atoms with Crippen LogP contribution in [0.3, 0.4) is 0 Å². The zero-order valence-electron chi connectivity index (χ0n) is 8.21. The van der Waals surface area contributed by atoms with E-state index in [-0.39, 0.29) is 17.7 Å². The van der Waals surface area contributed by atoms with Crippen LogP contribution in [0.5, 0.6) is 0 Å². The topological polar surface area (TPSA) is 58.2 Å². The summed E-state index contributed by atoms with van der Waals surface area (Å²) >= 11 is 0. The second kappa shape index (κ2) is 4.39. The highest BCUT2D eigenvalue weighted by Crippen LogP contribution is 2.09. The minimum atomic E-state index is -3.05. The quantitative estimate of drug-likeness (QED) is 0.676. The van der Waals surface area contributed by atoms with E-state index in [9.17, 15) is 8.42 Å². The SMILES string of the molecule is CC(C)NS(=O)(=O)CC1CCNC1. The van der Waals surface area contributed by atoms with Crippen molar-refractivity contribution in [3.63, 3.8) is 0 Å². The average molecular weight is 206 g/mol. The molecule has 0 spiro atoms. The molecule has 1 aliphatic heterocycles. The van der Waals surface area contributed by atoms with Gasteiger partial charge in [0.2, 0.25) is 10.0 Å². The predicted octanol–water partition coefficient (Wildman–Crippen LogP) is -0.0763. The fourth-order valence-corrected chi connectivity index (χ4v) is 3.29. The van der Waals surface area contributed by atoms with Crippen molar-refractivity contribution in [3.05, 3.63) is 0 Å². The molecule has 5 heteroatoms. The summed E-state index contributed by atoms with van der Waals surface area (Å²) in [5.41, 5.74) is 0. The summed E-state index contributed by atoms with van der Waals surface area (Å²) in [6, 6.07) is -0.000591. The lowest BCUT2D eigenvalue weighted by Crippen LogP contribution is -2.35. The number of hydrogen-bond donors (Lipinski definition) is 2. The molecule has 0 saturated carbocycles. The Kier molecular flexibility index (Phi) is 3.70. The normalized spacial score (nSPS) is 24.1. The average Bonchev–Trinajstić information content (AvgIpc) is 2.34. The summed E-state index contributed by atoms with van der Waals surface area (Å²) in [5.74, 6) is 0.550. The Hall–Kier alpha value is -0.130. The predicted molar refractivity (Wildman–Crippen MR) is 53.0 cm³/mol. The van der Waals surface area contributed by atoms with Gasteiger partial charge in [-0.2, -0.15) is 0 Å². The van der Waals surface area contributed by atoms with E-state index in [1.165, 1.54) is 0 Å². The first kappa shape index (κ1) is 10.9. The number of sulfonamides is 1. The lowest BCUT2D eigenvalue weighted by molar-refractivity contribution is 0.548. The van der Waals surface area contributed by atoms with Crippen molar-refractivity contribution in [2.75, 3.05) is 18.8 Å². The molecule has 2 N–H and O–H groups in total. The van der Waals surface area contributed by atoms with Crippen LogP contribution in [-0.4, -0.2) is 33.3 Å². The molecule has 0 amide bonds. The van der Waals surface area contributed by atoms with Gasteiger partial charge >= 0.3 is 0 Å². The van der Waals surface area contributed by atoms with E-state index in [0.29, 0.717) is 0 Å². The maximum Gasteiger partial charge on any atom is 0.212 e. The largest absolute Gasteiger partial charge is 0.316 e. The van der Waals surface area contributed by atoms with Crippen molar-refractivity contribution in [2.24, 2.45) is 5.92 Å². The van der Waals surface area contributed by atoms with Crippen molar-refractivity contribution in [2.45, 2.75) is 26.3 Å². The Labute approximate surface area is 80.1 Å². The number of rotatable bonds is 4. The van der Waals surface area contributed by atoms with Gasteiger partial charge in [-0.3, -0.25) is 0 Å². The fraction of sp³-hybridized carbons (Fsp3) is 1.00. The van der Waals surface area contributed by atoms with E-state index in [1.807, 2.05) is 13.8 Å². The molecule has 1 fully saturated rings. The van der Waals surface area contributed by atoms with Gasteiger partial charge in [-0.1, -0.05) is 0 Å². The fourth-order valence-electron chi connectivity index (χ4n) is 1.57. The molecule has 1 heterocycles. The van der Waals surface area contributed by atoms with E-state index in [2.05, 4.69) is 10.0 Å². The zero-order chi connectivity index (χ0) is 9.90. The summed E-state index contributed by atoms with van der Waals surface area (Å²) in [6.45, 7) is 5.45. The van der Waals surface area contributed by atoms with E-state index in [0.717, 1.165) is 19.5 Å². The van der Waals surface area contributed by atoms with Gasteiger partial charge in [-0.15, -0.1) is 0 Å². The summed E-state index contributed by atoms with van der Waals surface area (Å²) in [6.07, 6.45) is 0.971. The molecule has 1 aliphatic rings. The molecule has 1 rings (SSSR count). The van der Waals surface area contributed by atoms with Crippen LogP contribution >= 0.6 is 0 Å². The Morgan fingerprint density at radius 1 is 1.54 bits per heavy atom. The smallest absolute Gasteiger partial charge is 0.212 e. The molecule has 0 aromatic carbocycles. The minimum Gasteiger partial charge on any atom is -0.316 e. The van der Waals surface area contributed by atoms with Crippen LogP contribution in [0.25, 0.3) is 0 Å². The molecule has 1 saturated heterocycles. The Balaban J connectivity index is 2.41. The minimum absolute atomic E-state index is 0.000591. The molecular weight excluding hydrogens is 188 g/mol. The van der Waals surface area contributed by atoms with E-state index in [4.69, 9.17) is 0 Å². The third kappa shape index (κ3) is 4.06. The molecule has 0 aliphatic carbocycles. The van der Waals surface area contributed by atoms with Crippen LogP contribution < -0.4 is 10.0 Å². The third-order valence-corrected chi connectivity index (χ3v) is 3.77. The van der Waals surface area contributed by atoms with Crippen LogP contribution in [0, 0.1) is 5.92 Å². The van der Waals surface area contributed by atoms with Crippen molar-refractivity contribution in [1.29, 1.82) is 0 Å². The molecule has 0 bridgehead atoms. The summed E-state index contributed by atoms with van der Waals surface area (Å²) in [4.78, 5) is 0. The first-order chi connectivity index (χ1) is 5.99. The van der Waals surface area contributed by atoms with Crippen LogP contribution in [-0.2, 0) is 10.0 Å². The molecule has 0 aromatic heterocycles. The highest BCUT2D eigenvalue weighted by Gasteiger charge is 2.22. The second-order valence-electron chi connectivity index (χ2n) is 3.91. The van der Waals surface area contributed by atoms with Gasteiger partial charge in [0.15, 0.2) is 0 Å². The first-order valence-electron chi connectivity index (χ1n) is 4.70. The van der Waals surface area contributed by atoms with Gasteiger partial charge in [-0.25, -0.2) is 13.1 Å². The lowest BCUT2D eigenvalue weighted by Gasteiger charge is -2.12. The molecule has 4 nitrogen and oxygen atoms in total. The van der Waals surface area contributed by atoms with Crippen molar-refractivity contribution in [3.8, 4) is 0 Å². The maximum absolute atomic E-state index is 11.5. The maximum atomic E-state index is 11.5. The van der Waals surface area contributed by atoms with E-state index >= 15 is 0 Å². The summed E-state index contributed by atoms with van der Waals surface area (Å²) < 4.78 is 25.5.